The van der Waals surface area contributed by atoms with Crippen LogP contribution in [-0.2, 0) is 10.8 Å². The summed E-state index contributed by atoms with van der Waals surface area (Å²) in [7, 11) is 0. The second-order valence-corrected chi connectivity index (χ2v) is 16.2. The lowest BCUT2D eigenvalue weighted by atomic mass is 9.82. The molecule has 0 saturated carbocycles. The molecule has 264 valence electrons. The van der Waals surface area contributed by atoms with Crippen LogP contribution in [0.4, 0.5) is 17.1 Å². The van der Waals surface area contributed by atoms with Crippen molar-refractivity contribution in [3.8, 4) is 55.6 Å². The van der Waals surface area contributed by atoms with Gasteiger partial charge in [-0.25, -0.2) is 0 Å². The van der Waals surface area contributed by atoms with Crippen molar-refractivity contribution < 1.29 is 0 Å². The van der Waals surface area contributed by atoms with Crippen LogP contribution < -0.4 is 4.90 Å². The zero-order chi connectivity index (χ0) is 37.3. The van der Waals surface area contributed by atoms with Crippen molar-refractivity contribution >= 4 is 17.1 Å². The van der Waals surface area contributed by atoms with Gasteiger partial charge >= 0.3 is 0 Å². The van der Waals surface area contributed by atoms with Gasteiger partial charge in [0.2, 0.25) is 0 Å². The summed E-state index contributed by atoms with van der Waals surface area (Å²) >= 11 is 0. The summed E-state index contributed by atoms with van der Waals surface area (Å²) in [5.41, 5.74) is 21.5. The first-order chi connectivity index (χ1) is 26.8. The van der Waals surface area contributed by atoms with Gasteiger partial charge in [0.15, 0.2) is 0 Å². The molecule has 0 spiro atoms. The Labute approximate surface area is 325 Å². The maximum absolute atomic E-state index is 2.40. The molecular formula is C54H43N. The van der Waals surface area contributed by atoms with Gasteiger partial charge in [0, 0.05) is 27.9 Å². The van der Waals surface area contributed by atoms with Crippen LogP contribution in [0.1, 0.15) is 49.9 Å². The highest BCUT2D eigenvalue weighted by Crippen LogP contribution is 2.51. The molecule has 0 radical (unpaired) electrons. The van der Waals surface area contributed by atoms with Crippen LogP contribution in [0.15, 0.2) is 188 Å². The Morgan fingerprint density at radius 1 is 0.273 bits per heavy atom. The number of fused-ring (bicyclic) bond motifs is 6. The van der Waals surface area contributed by atoms with Crippen molar-refractivity contribution in [3.05, 3.63) is 210 Å². The Morgan fingerprint density at radius 3 is 1.16 bits per heavy atom. The van der Waals surface area contributed by atoms with Crippen molar-refractivity contribution in [3.63, 3.8) is 0 Å². The first-order valence-electron chi connectivity index (χ1n) is 19.4. The van der Waals surface area contributed by atoms with Crippen LogP contribution in [-0.4, -0.2) is 0 Å². The third-order valence-electron chi connectivity index (χ3n) is 12.3. The summed E-state index contributed by atoms with van der Waals surface area (Å²) in [5, 5.41) is 0. The predicted octanol–water partition coefficient (Wildman–Crippen LogP) is 14.8. The SMILES string of the molecule is CC1(C)c2ccccc2-c2cc(-c3cccc(N(c4ccc(-c5ccccc5)cc4)c4cccc(-c5ccc6c(c5)-c5ccccc5C6(C)C)c4)c3)ccc21. The molecular weight excluding hydrogens is 663 g/mol. The molecule has 0 saturated heterocycles. The second-order valence-electron chi connectivity index (χ2n) is 16.2. The molecule has 0 fully saturated rings. The lowest BCUT2D eigenvalue weighted by Crippen LogP contribution is -2.14. The third-order valence-corrected chi connectivity index (χ3v) is 12.3. The van der Waals surface area contributed by atoms with Crippen LogP contribution in [0, 0.1) is 0 Å². The Morgan fingerprint density at radius 2 is 0.655 bits per heavy atom. The average Bonchev–Trinajstić information content (AvgIpc) is 3.61. The minimum atomic E-state index is -0.0154. The maximum atomic E-state index is 2.40. The molecule has 1 heteroatoms. The van der Waals surface area contributed by atoms with Crippen molar-refractivity contribution in [2.75, 3.05) is 4.90 Å². The molecule has 1 nitrogen and oxygen atoms in total. The molecule has 2 aliphatic carbocycles. The van der Waals surface area contributed by atoms with Crippen LogP contribution in [0.3, 0.4) is 0 Å². The molecule has 0 heterocycles. The minimum absolute atomic E-state index is 0.0154. The van der Waals surface area contributed by atoms with E-state index >= 15 is 0 Å². The summed E-state index contributed by atoms with van der Waals surface area (Å²) in [4.78, 5) is 2.40. The van der Waals surface area contributed by atoms with E-state index in [1.807, 2.05) is 0 Å². The lowest BCUT2D eigenvalue weighted by molar-refractivity contribution is 0.660. The summed E-state index contributed by atoms with van der Waals surface area (Å²) < 4.78 is 0. The van der Waals surface area contributed by atoms with E-state index in [2.05, 4.69) is 221 Å². The predicted molar refractivity (Wildman–Crippen MR) is 233 cm³/mol. The van der Waals surface area contributed by atoms with Gasteiger partial charge in [-0.2, -0.15) is 0 Å². The molecule has 55 heavy (non-hydrogen) atoms. The molecule has 0 amide bonds. The van der Waals surface area contributed by atoms with Gasteiger partial charge in [0.1, 0.15) is 0 Å². The van der Waals surface area contributed by atoms with Gasteiger partial charge in [-0.15, -0.1) is 0 Å². The monoisotopic (exact) mass is 705 g/mol. The first-order valence-corrected chi connectivity index (χ1v) is 19.4. The zero-order valence-corrected chi connectivity index (χ0v) is 31.8. The molecule has 0 bridgehead atoms. The normalized spacial score (nSPS) is 14.1. The van der Waals surface area contributed by atoms with Gasteiger partial charge in [0.05, 0.1) is 0 Å². The molecule has 0 N–H and O–H groups in total. The smallest absolute Gasteiger partial charge is 0.0467 e. The Bertz CT molecular complexity index is 2600. The molecule has 8 aromatic carbocycles. The van der Waals surface area contributed by atoms with Crippen LogP contribution in [0.5, 0.6) is 0 Å². The fourth-order valence-corrected chi connectivity index (χ4v) is 9.33. The van der Waals surface area contributed by atoms with E-state index in [0.717, 1.165) is 17.1 Å². The largest absolute Gasteiger partial charge is 0.310 e. The topological polar surface area (TPSA) is 3.24 Å². The Kier molecular flexibility index (Phi) is 7.58. The Hall–Kier alpha value is -6.44. The number of hydrogen-bond acceptors (Lipinski definition) is 1. The number of anilines is 3. The molecule has 0 aromatic heterocycles. The lowest BCUT2D eigenvalue weighted by Gasteiger charge is -2.27. The number of rotatable bonds is 6. The molecule has 0 atom stereocenters. The van der Waals surface area contributed by atoms with E-state index in [0.29, 0.717) is 0 Å². The van der Waals surface area contributed by atoms with Crippen LogP contribution in [0.25, 0.3) is 55.6 Å². The highest BCUT2D eigenvalue weighted by atomic mass is 15.1. The maximum Gasteiger partial charge on any atom is 0.0467 e. The van der Waals surface area contributed by atoms with Crippen molar-refractivity contribution in [1.29, 1.82) is 0 Å². The zero-order valence-electron chi connectivity index (χ0n) is 31.8. The quantitative estimate of drug-likeness (QED) is 0.166. The Balaban J connectivity index is 1.08. The van der Waals surface area contributed by atoms with Crippen LogP contribution >= 0.6 is 0 Å². The molecule has 10 rings (SSSR count). The minimum Gasteiger partial charge on any atom is -0.310 e. The first kappa shape index (κ1) is 33.2. The highest BCUT2D eigenvalue weighted by molar-refractivity contribution is 5.88. The van der Waals surface area contributed by atoms with Crippen molar-refractivity contribution in [2.24, 2.45) is 0 Å². The van der Waals surface area contributed by atoms with Gasteiger partial charge in [0.25, 0.3) is 0 Å². The number of hydrogen-bond donors (Lipinski definition) is 0. The summed E-state index contributed by atoms with van der Waals surface area (Å²) in [6, 6.07) is 69.5. The molecule has 8 aromatic rings. The van der Waals surface area contributed by atoms with Gasteiger partial charge in [-0.05, 0) is 126 Å². The van der Waals surface area contributed by atoms with E-state index in [-0.39, 0.29) is 10.8 Å². The third kappa shape index (κ3) is 5.37. The van der Waals surface area contributed by atoms with E-state index < -0.39 is 0 Å². The van der Waals surface area contributed by atoms with Crippen molar-refractivity contribution in [1.82, 2.24) is 0 Å². The molecule has 2 aliphatic rings. The summed E-state index contributed by atoms with van der Waals surface area (Å²) in [6.07, 6.45) is 0. The van der Waals surface area contributed by atoms with E-state index in [1.54, 1.807) is 0 Å². The van der Waals surface area contributed by atoms with E-state index in [1.165, 1.54) is 77.9 Å². The van der Waals surface area contributed by atoms with E-state index in [9.17, 15) is 0 Å². The fraction of sp³-hybridized carbons (Fsp3) is 0.111. The molecule has 0 unspecified atom stereocenters. The van der Waals surface area contributed by atoms with E-state index in [4.69, 9.17) is 0 Å². The molecule has 0 aliphatic heterocycles. The van der Waals surface area contributed by atoms with Crippen LogP contribution in [0.2, 0.25) is 0 Å². The number of nitrogens with zero attached hydrogens (tertiary/aromatic N) is 1. The van der Waals surface area contributed by atoms with Gasteiger partial charge in [-0.1, -0.05) is 167 Å². The standard InChI is InChI=1S/C54H43N/c1-53(2)49-22-10-8-20-45(49)47-34-40(26-30-51(47)53)38-16-12-18-43(32-38)55(42-28-24-37(25-29-42)36-14-6-5-7-15-36)44-19-13-17-39(33-44)41-27-31-52-48(35-41)46-21-9-11-23-50(46)54(52,3)4/h5-35H,1-4H3. The summed E-state index contributed by atoms with van der Waals surface area (Å²) in [5.74, 6) is 0. The average molecular weight is 706 g/mol. The summed E-state index contributed by atoms with van der Waals surface area (Å²) in [6.45, 7) is 9.37. The fourth-order valence-electron chi connectivity index (χ4n) is 9.33. The van der Waals surface area contributed by atoms with Crippen molar-refractivity contribution in [2.45, 2.75) is 38.5 Å². The second kappa shape index (κ2) is 12.6. The van der Waals surface area contributed by atoms with Gasteiger partial charge in [-0.3, -0.25) is 0 Å². The highest BCUT2D eigenvalue weighted by Gasteiger charge is 2.36. The number of benzene rings is 8. The van der Waals surface area contributed by atoms with Gasteiger partial charge < -0.3 is 4.90 Å².